The molecule has 0 aliphatic carbocycles. The Kier molecular flexibility index (Phi) is 5.18. The first-order chi connectivity index (χ1) is 8.58. The van der Waals surface area contributed by atoms with Gasteiger partial charge in [0, 0.05) is 0 Å². The molecule has 1 atom stereocenters. The number of hydrogen-bond donors (Lipinski definition) is 0. The molecule has 1 nitrogen and oxygen atoms in total. The lowest BCUT2D eigenvalue weighted by Crippen LogP contribution is -2.02. The van der Waals surface area contributed by atoms with Gasteiger partial charge in [0.2, 0.25) is 0 Å². The van der Waals surface area contributed by atoms with Gasteiger partial charge in [-0.05, 0) is 36.3 Å². The summed E-state index contributed by atoms with van der Waals surface area (Å²) in [6, 6.07) is 5.61. The van der Waals surface area contributed by atoms with Crippen LogP contribution in [0.5, 0.6) is 0 Å². The number of benzene rings is 1. The van der Waals surface area contributed by atoms with E-state index in [9.17, 15) is 13.6 Å². The number of hydrogen-bond acceptors (Lipinski definition) is 1. The molecule has 1 aromatic rings. The Balaban J connectivity index is 3.11. The van der Waals surface area contributed by atoms with Crippen molar-refractivity contribution in [3.05, 3.63) is 71.9 Å². The smallest absolute Gasteiger partial charge is 0.131 e. The topological polar surface area (TPSA) is 17.1 Å². The minimum absolute atomic E-state index is 0.363. The lowest BCUT2D eigenvalue weighted by atomic mass is 9.92. The zero-order chi connectivity index (χ0) is 13.5. The molecule has 0 N–H and O–H groups in total. The average Bonchev–Trinajstić information content (AvgIpc) is 2.35. The Bertz CT molecular complexity index is 480. The summed E-state index contributed by atoms with van der Waals surface area (Å²) < 4.78 is 25.5. The first-order valence-electron chi connectivity index (χ1n) is 5.45. The molecule has 0 bridgehead atoms. The van der Waals surface area contributed by atoms with Crippen LogP contribution in [0.2, 0.25) is 0 Å². The number of rotatable bonds is 5. The Morgan fingerprint density at radius 3 is 2.33 bits per heavy atom. The van der Waals surface area contributed by atoms with E-state index in [1.165, 1.54) is 49.4 Å². The van der Waals surface area contributed by atoms with Gasteiger partial charge in [0.25, 0.3) is 0 Å². The summed E-state index contributed by atoms with van der Waals surface area (Å²) >= 11 is 0. The Labute approximate surface area is 105 Å². The third-order valence-electron chi connectivity index (χ3n) is 2.47. The second kappa shape index (κ2) is 6.64. The molecule has 0 fully saturated rings. The molecule has 1 aromatic carbocycles. The number of carbonyl (C=O) groups is 1. The Hall–Kier alpha value is -2.03. The van der Waals surface area contributed by atoms with E-state index in [-0.39, 0.29) is 11.6 Å². The van der Waals surface area contributed by atoms with Crippen LogP contribution in [0.15, 0.2) is 60.5 Å². The average molecular weight is 248 g/mol. The van der Waals surface area contributed by atoms with Crippen LogP contribution in [0.1, 0.15) is 18.4 Å². The SMILES string of the molecule is C=C/C(=C\C=C(/C)F)C(C=O)c1ccc(F)cc1. The van der Waals surface area contributed by atoms with Crippen molar-refractivity contribution >= 4 is 6.29 Å². The van der Waals surface area contributed by atoms with E-state index in [0.29, 0.717) is 11.1 Å². The largest absolute Gasteiger partial charge is 0.302 e. The maximum absolute atomic E-state index is 12.8. The van der Waals surface area contributed by atoms with E-state index in [1.54, 1.807) is 0 Å². The van der Waals surface area contributed by atoms with Crippen LogP contribution in [-0.4, -0.2) is 6.29 Å². The summed E-state index contributed by atoms with van der Waals surface area (Å²) in [5.41, 5.74) is 1.20. The molecule has 0 amide bonds. The predicted molar refractivity (Wildman–Crippen MR) is 68.4 cm³/mol. The van der Waals surface area contributed by atoms with E-state index in [2.05, 4.69) is 6.58 Å². The summed E-state index contributed by atoms with van der Waals surface area (Å²) in [4.78, 5) is 11.1. The molecule has 1 rings (SSSR count). The van der Waals surface area contributed by atoms with Crippen molar-refractivity contribution in [2.24, 2.45) is 0 Å². The molecule has 0 saturated heterocycles. The maximum Gasteiger partial charge on any atom is 0.131 e. The van der Waals surface area contributed by atoms with Gasteiger partial charge in [-0.15, -0.1) is 0 Å². The molecule has 3 heteroatoms. The second-order valence-electron chi connectivity index (χ2n) is 3.79. The molecular formula is C15H14F2O. The van der Waals surface area contributed by atoms with Gasteiger partial charge in [0.1, 0.15) is 12.1 Å². The number of halogens is 2. The zero-order valence-electron chi connectivity index (χ0n) is 10.1. The monoisotopic (exact) mass is 248 g/mol. The van der Waals surface area contributed by atoms with E-state index in [4.69, 9.17) is 0 Å². The van der Waals surface area contributed by atoms with Crippen LogP contribution in [0.3, 0.4) is 0 Å². The third kappa shape index (κ3) is 3.77. The van der Waals surface area contributed by atoms with Gasteiger partial charge < -0.3 is 4.79 Å². The Morgan fingerprint density at radius 1 is 1.28 bits per heavy atom. The molecule has 18 heavy (non-hydrogen) atoms. The fraction of sp³-hybridized carbons (Fsp3) is 0.133. The molecular weight excluding hydrogens is 234 g/mol. The molecule has 94 valence electrons. The van der Waals surface area contributed by atoms with Gasteiger partial charge in [0.15, 0.2) is 0 Å². The molecule has 0 radical (unpaired) electrons. The van der Waals surface area contributed by atoms with Crippen LogP contribution >= 0.6 is 0 Å². The fourth-order valence-electron chi connectivity index (χ4n) is 1.53. The van der Waals surface area contributed by atoms with Gasteiger partial charge >= 0.3 is 0 Å². The van der Waals surface area contributed by atoms with E-state index >= 15 is 0 Å². The van der Waals surface area contributed by atoms with Crippen LogP contribution in [-0.2, 0) is 4.79 Å². The van der Waals surface area contributed by atoms with Crippen molar-refractivity contribution in [2.45, 2.75) is 12.8 Å². The minimum atomic E-state index is -0.571. The molecule has 1 unspecified atom stereocenters. The first kappa shape index (κ1) is 14.0. The minimum Gasteiger partial charge on any atom is -0.302 e. The highest BCUT2D eigenvalue weighted by Crippen LogP contribution is 2.23. The van der Waals surface area contributed by atoms with E-state index < -0.39 is 5.92 Å². The number of allylic oxidation sites excluding steroid dienone is 5. The highest BCUT2D eigenvalue weighted by Gasteiger charge is 2.13. The van der Waals surface area contributed by atoms with Gasteiger partial charge in [-0.25, -0.2) is 8.78 Å². The first-order valence-corrected chi connectivity index (χ1v) is 5.45. The summed E-state index contributed by atoms with van der Waals surface area (Å²) in [5, 5.41) is 0. The Morgan fingerprint density at radius 2 is 1.89 bits per heavy atom. The van der Waals surface area contributed by atoms with Gasteiger partial charge in [-0.3, -0.25) is 0 Å². The van der Waals surface area contributed by atoms with Crippen molar-refractivity contribution in [3.63, 3.8) is 0 Å². The van der Waals surface area contributed by atoms with Gasteiger partial charge in [-0.1, -0.05) is 30.9 Å². The third-order valence-corrected chi connectivity index (χ3v) is 2.47. The summed E-state index contributed by atoms with van der Waals surface area (Å²) in [6.07, 6.45) is 4.96. The molecule has 0 aromatic heterocycles. The van der Waals surface area contributed by atoms with Crippen molar-refractivity contribution < 1.29 is 13.6 Å². The fourth-order valence-corrected chi connectivity index (χ4v) is 1.53. The molecule has 0 heterocycles. The predicted octanol–water partition coefficient (Wildman–Crippen LogP) is 4.09. The highest BCUT2D eigenvalue weighted by molar-refractivity contribution is 5.69. The molecule has 0 aliphatic rings. The van der Waals surface area contributed by atoms with Gasteiger partial charge in [-0.2, -0.15) is 0 Å². The summed E-state index contributed by atoms with van der Waals surface area (Å²) in [6.45, 7) is 4.91. The van der Waals surface area contributed by atoms with Gasteiger partial charge in [0.05, 0.1) is 11.7 Å². The lowest BCUT2D eigenvalue weighted by molar-refractivity contribution is -0.108. The number of aldehydes is 1. The summed E-state index contributed by atoms with van der Waals surface area (Å²) in [5.74, 6) is -1.30. The van der Waals surface area contributed by atoms with Crippen LogP contribution in [0.25, 0.3) is 0 Å². The van der Waals surface area contributed by atoms with Crippen molar-refractivity contribution in [3.8, 4) is 0 Å². The maximum atomic E-state index is 12.8. The van der Waals surface area contributed by atoms with Crippen LogP contribution in [0.4, 0.5) is 8.78 Å². The van der Waals surface area contributed by atoms with Crippen molar-refractivity contribution in [1.29, 1.82) is 0 Å². The quantitative estimate of drug-likeness (QED) is 0.566. The van der Waals surface area contributed by atoms with Crippen LogP contribution in [0, 0.1) is 5.82 Å². The molecule has 0 saturated carbocycles. The standard InChI is InChI=1S/C15H14F2O/c1-3-12(5-4-11(2)16)15(10-18)13-6-8-14(17)9-7-13/h3-10,15H,1H2,2H3/b11-4+,12-5+. The lowest BCUT2D eigenvalue weighted by Gasteiger charge is -2.11. The highest BCUT2D eigenvalue weighted by atomic mass is 19.1. The van der Waals surface area contributed by atoms with Crippen LogP contribution < -0.4 is 0 Å². The normalized spacial score (nSPS) is 14.2. The van der Waals surface area contributed by atoms with E-state index in [1.807, 2.05) is 0 Å². The van der Waals surface area contributed by atoms with Crippen molar-refractivity contribution in [1.82, 2.24) is 0 Å². The summed E-state index contributed by atoms with van der Waals surface area (Å²) in [7, 11) is 0. The van der Waals surface area contributed by atoms with Crippen molar-refractivity contribution in [2.75, 3.05) is 0 Å². The zero-order valence-corrected chi connectivity index (χ0v) is 10.1. The second-order valence-corrected chi connectivity index (χ2v) is 3.79. The molecule has 0 spiro atoms. The number of carbonyl (C=O) groups excluding carboxylic acids is 1. The van der Waals surface area contributed by atoms with E-state index in [0.717, 1.165) is 6.29 Å². The molecule has 0 aliphatic heterocycles.